The first-order valence-electron chi connectivity index (χ1n) is 8.43. The number of nitrogens with zero attached hydrogens (tertiary/aromatic N) is 3. The molecule has 0 bridgehead atoms. The average Bonchev–Trinajstić information content (AvgIpc) is 3.09. The fourth-order valence-corrected chi connectivity index (χ4v) is 4.22. The van der Waals surface area contributed by atoms with Gasteiger partial charge in [0.2, 0.25) is 6.79 Å². The average molecular weight is 385 g/mol. The number of ether oxygens (including phenoxy) is 3. The van der Waals surface area contributed by atoms with E-state index >= 15 is 0 Å². The Morgan fingerprint density at radius 2 is 1.88 bits per heavy atom. The number of hydrogen-bond donors (Lipinski definition) is 0. The highest BCUT2D eigenvalue weighted by Crippen LogP contribution is 2.33. The molecule has 2 heterocycles. The summed E-state index contributed by atoms with van der Waals surface area (Å²) in [6.07, 6.45) is -0.404. The minimum absolute atomic E-state index is 0.178. The highest BCUT2D eigenvalue weighted by molar-refractivity contribution is 7.86. The minimum Gasteiger partial charge on any atom is -0.454 e. The first-order chi connectivity index (χ1) is 12.4. The van der Waals surface area contributed by atoms with Gasteiger partial charge in [-0.25, -0.2) is 4.79 Å². The maximum absolute atomic E-state index is 12.8. The Balaban J connectivity index is 1.60. The molecule has 1 amide bonds. The van der Waals surface area contributed by atoms with Crippen molar-refractivity contribution in [3.8, 4) is 11.5 Å². The zero-order chi connectivity index (χ0) is 18.7. The number of carbonyl (C=O) groups is 1. The molecule has 0 unspecified atom stereocenters. The maximum Gasteiger partial charge on any atom is 0.409 e. The molecule has 3 rings (SSSR count). The molecule has 0 N–H and O–H groups in total. The van der Waals surface area contributed by atoms with Crippen molar-refractivity contribution in [2.24, 2.45) is 0 Å². The van der Waals surface area contributed by atoms with Crippen LogP contribution in [0, 0.1) is 0 Å². The van der Waals surface area contributed by atoms with E-state index < -0.39 is 16.3 Å². The van der Waals surface area contributed by atoms with E-state index in [0.717, 1.165) is 5.56 Å². The van der Waals surface area contributed by atoms with Crippen molar-refractivity contribution in [3.63, 3.8) is 0 Å². The van der Waals surface area contributed by atoms with Gasteiger partial charge in [-0.05, 0) is 24.6 Å². The summed E-state index contributed by atoms with van der Waals surface area (Å²) in [5.41, 5.74) is 0.811. The lowest BCUT2D eigenvalue weighted by Gasteiger charge is -2.35. The highest BCUT2D eigenvalue weighted by Gasteiger charge is 2.32. The van der Waals surface area contributed by atoms with Gasteiger partial charge in [-0.2, -0.15) is 17.0 Å². The van der Waals surface area contributed by atoms with E-state index in [2.05, 4.69) is 0 Å². The quantitative estimate of drug-likeness (QED) is 0.747. The Bertz CT molecular complexity index is 761. The van der Waals surface area contributed by atoms with Gasteiger partial charge in [0, 0.05) is 39.8 Å². The van der Waals surface area contributed by atoms with Gasteiger partial charge in [0.15, 0.2) is 11.5 Å². The molecule has 1 fully saturated rings. The fourth-order valence-electron chi connectivity index (χ4n) is 2.89. The first-order valence-corrected chi connectivity index (χ1v) is 9.83. The van der Waals surface area contributed by atoms with Crippen molar-refractivity contribution in [2.75, 3.05) is 46.6 Å². The predicted molar refractivity (Wildman–Crippen MR) is 93.1 cm³/mol. The van der Waals surface area contributed by atoms with Gasteiger partial charge < -0.3 is 19.1 Å². The second-order valence-corrected chi connectivity index (χ2v) is 8.07. The Morgan fingerprint density at radius 1 is 1.19 bits per heavy atom. The predicted octanol–water partition coefficient (Wildman–Crippen LogP) is 0.866. The van der Waals surface area contributed by atoms with Crippen LogP contribution in [0.3, 0.4) is 0 Å². The molecule has 2 aliphatic rings. The SMILES string of the molecule is CCOC(=O)N1CCN(S(=O)(=O)N(C)Cc2ccc3c(c2)OCO3)CC1. The molecule has 0 saturated carbocycles. The van der Waals surface area contributed by atoms with Crippen LogP contribution < -0.4 is 9.47 Å². The number of rotatable bonds is 5. The van der Waals surface area contributed by atoms with Crippen LogP contribution in [0.5, 0.6) is 11.5 Å². The number of piperazine rings is 1. The third-order valence-electron chi connectivity index (χ3n) is 4.33. The van der Waals surface area contributed by atoms with Crippen molar-refractivity contribution < 1.29 is 27.4 Å². The third kappa shape index (κ3) is 3.87. The van der Waals surface area contributed by atoms with Crippen molar-refractivity contribution in [3.05, 3.63) is 23.8 Å². The van der Waals surface area contributed by atoms with E-state index in [1.165, 1.54) is 20.6 Å². The topological polar surface area (TPSA) is 88.6 Å². The lowest BCUT2D eigenvalue weighted by atomic mass is 10.2. The van der Waals surface area contributed by atoms with Gasteiger partial charge in [-0.1, -0.05) is 6.07 Å². The lowest BCUT2D eigenvalue weighted by molar-refractivity contribution is 0.0925. The number of amides is 1. The molecule has 0 radical (unpaired) electrons. The number of fused-ring (bicyclic) bond motifs is 1. The molecule has 9 nitrogen and oxygen atoms in total. The molecule has 26 heavy (non-hydrogen) atoms. The van der Waals surface area contributed by atoms with Crippen LogP contribution in [0.4, 0.5) is 4.79 Å². The van der Waals surface area contributed by atoms with Crippen LogP contribution >= 0.6 is 0 Å². The van der Waals surface area contributed by atoms with Gasteiger partial charge in [0.1, 0.15) is 0 Å². The van der Waals surface area contributed by atoms with Crippen LogP contribution in [-0.2, 0) is 21.5 Å². The molecular weight excluding hydrogens is 362 g/mol. The fraction of sp³-hybridized carbons (Fsp3) is 0.562. The molecule has 0 atom stereocenters. The highest BCUT2D eigenvalue weighted by atomic mass is 32.2. The van der Waals surface area contributed by atoms with Gasteiger partial charge in [0.25, 0.3) is 10.2 Å². The number of hydrogen-bond acceptors (Lipinski definition) is 6. The number of benzene rings is 1. The van der Waals surface area contributed by atoms with Gasteiger partial charge in [0.05, 0.1) is 6.61 Å². The molecule has 1 aromatic carbocycles. The van der Waals surface area contributed by atoms with Crippen molar-refractivity contribution in [1.29, 1.82) is 0 Å². The summed E-state index contributed by atoms with van der Waals surface area (Å²) in [6.45, 7) is 3.55. The van der Waals surface area contributed by atoms with Crippen LogP contribution in [0.1, 0.15) is 12.5 Å². The molecule has 144 valence electrons. The molecule has 0 spiro atoms. The Kier molecular flexibility index (Phi) is 5.54. The summed E-state index contributed by atoms with van der Waals surface area (Å²) in [5.74, 6) is 1.28. The van der Waals surface area contributed by atoms with Crippen LogP contribution in [0.15, 0.2) is 18.2 Å². The monoisotopic (exact) mass is 385 g/mol. The summed E-state index contributed by atoms with van der Waals surface area (Å²) < 4.78 is 43.8. The number of carbonyl (C=O) groups excluding carboxylic acids is 1. The van der Waals surface area contributed by atoms with Gasteiger partial charge in [-0.15, -0.1) is 0 Å². The normalized spacial score (nSPS) is 17.6. The van der Waals surface area contributed by atoms with E-state index in [9.17, 15) is 13.2 Å². The van der Waals surface area contributed by atoms with E-state index in [1.807, 2.05) is 6.07 Å². The molecule has 2 aliphatic heterocycles. The molecule has 1 saturated heterocycles. The second kappa shape index (κ2) is 7.68. The molecule has 0 aromatic heterocycles. The summed E-state index contributed by atoms with van der Waals surface area (Å²) >= 11 is 0. The zero-order valence-corrected chi connectivity index (χ0v) is 15.7. The smallest absolute Gasteiger partial charge is 0.409 e. The van der Waals surface area contributed by atoms with Gasteiger partial charge in [-0.3, -0.25) is 0 Å². The van der Waals surface area contributed by atoms with Crippen molar-refractivity contribution >= 4 is 16.3 Å². The first kappa shape index (κ1) is 18.7. The summed E-state index contributed by atoms with van der Waals surface area (Å²) in [6, 6.07) is 5.38. The van der Waals surface area contributed by atoms with E-state index in [1.54, 1.807) is 19.1 Å². The zero-order valence-electron chi connectivity index (χ0n) is 14.9. The Morgan fingerprint density at radius 3 is 2.58 bits per heavy atom. The Hall–Kier alpha value is -2.04. The molecule has 10 heteroatoms. The van der Waals surface area contributed by atoms with Crippen molar-refractivity contribution in [2.45, 2.75) is 13.5 Å². The van der Waals surface area contributed by atoms with Crippen LogP contribution in [-0.4, -0.2) is 74.6 Å². The molecule has 0 aliphatic carbocycles. The summed E-state index contributed by atoms with van der Waals surface area (Å²) in [5, 5.41) is 0. The largest absolute Gasteiger partial charge is 0.454 e. The van der Waals surface area contributed by atoms with E-state index in [-0.39, 0.29) is 26.4 Å². The third-order valence-corrected chi connectivity index (χ3v) is 6.26. The summed E-state index contributed by atoms with van der Waals surface area (Å²) in [7, 11) is -2.08. The lowest BCUT2D eigenvalue weighted by Crippen LogP contribution is -2.53. The van der Waals surface area contributed by atoms with Crippen LogP contribution in [0.2, 0.25) is 0 Å². The van der Waals surface area contributed by atoms with Crippen LogP contribution in [0.25, 0.3) is 0 Å². The minimum atomic E-state index is -3.62. The Labute approximate surface area is 153 Å². The standard InChI is InChI=1S/C16H23N3O6S/c1-3-23-16(20)18-6-8-19(9-7-18)26(21,22)17(2)11-13-4-5-14-15(10-13)25-12-24-14/h4-5,10H,3,6-9,11-12H2,1-2H3. The summed E-state index contributed by atoms with van der Waals surface area (Å²) in [4.78, 5) is 13.2. The van der Waals surface area contributed by atoms with E-state index in [4.69, 9.17) is 14.2 Å². The van der Waals surface area contributed by atoms with Crippen molar-refractivity contribution in [1.82, 2.24) is 13.5 Å². The van der Waals surface area contributed by atoms with Gasteiger partial charge >= 0.3 is 6.09 Å². The molecule has 1 aromatic rings. The maximum atomic E-state index is 12.8. The second-order valence-electron chi connectivity index (χ2n) is 6.04. The molecular formula is C16H23N3O6S. The van der Waals surface area contributed by atoms with E-state index in [0.29, 0.717) is 31.2 Å².